The zero-order valence-corrected chi connectivity index (χ0v) is 11.1. The van der Waals surface area contributed by atoms with Crippen molar-refractivity contribution >= 4 is 10.2 Å². The third-order valence-corrected chi connectivity index (χ3v) is 2.86. The van der Waals surface area contributed by atoms with Crippen LogP contribution in [-0.4, -0.2) is 40.5 Å². The van der Waals surface area contributed by atoms with Crippen LogP contribution >= 0.6 is 0 Å². The van der Waals surface area contributed by atoms with Gasteiger partial charge in [0.15, 0.2) is 6.29 Å². The van der Waals surface area contributed by atoms with E-state index in [1.807, 2.05) is 13.8 Å². The predicted molar refractivity (Wildman–Crippen MR) is 62.2 cm³/mol. The molecule has 0 aliphatic rings. The minimum Gasteiger partial charge on any atom is -0.352 e. The Labute approximate surface area is 97.9 Å². The van der Waals surface area contributed by atoms with Crippen molar-refractivity contribution in [2.45, 2.75) is 40.0 Å². The minimum atomic E-state index is -3.47. The Morgan fingerprint density at radius 1 is 1.12 bits per heavy atom. The molecule has 0 saturated heterocycles. The summed E-state index contributed by atoms with van der Waals surface area (Å²) in [5, 5.41) is 0. The second-order valence-corrected chi connectivity index (χ2v) is 5.00. The predicted octanol–water partition coefficient (Wildman–Crippen LogP) is 0.218. The molecule has 0 aromatic heterocycles. The van der Waals surface area contributed by atoms with Crippen LogP contribution in [0.1, 0.15) is 27.7 Å². The highest BCUT2D eigenvalue weighted by Gasteiger charge is 2.15. The van der Waals surface area contributed by atoms with E-state index in [-0.39, 0.29) is 12.6 Å². The highest BCUT2D eigenvalue weighted by molar-refractivity contribution is 7.87. The molecule has 0 heterocycles. The summed E-state index contributed by atoms with van der Waals surface area (Å²) in [6, 6.07) is -0.143. The van der Waals surface area contributed by atoms with Gasteiger partial charge in [-0.2, -0.15) is 17.9 Å². The molecule has 7 heteroatoms. The van der Waals surface area contributed by atoms with E-state index in [9.17, 15) is 8.42 Å². The summed E-state index contributed by atoms with van der Waals surface area (Å²) >= 11 is 0. The number of hydrogen-bond acceptors (Lipinski definition) is 4. The van der Waals surface area contributed by atoms with Gasteiger partial charge in [-0.25, -0.2) is 0 Å². The van der Waals surface area contributed by atoms with Crippen LogP contribution in [0.25, 0.3) is 0 Å². The van der Waals surface area contributed by atoms with E-state index in [2.05, 4.69) is 9.44 Å². The summed E-state index contributed by atoms with van der Waals surface area (Å²) in [6.07, 6.45) is -0.543. The van der Waals surface area contributed by atoms with Crippen molar-refractivity contribution < 1.29 is 17.9 Å². The van der Waals surface area contributed by atoms with Gasteiger partial charge in [0.25, 0.3) is 10.2 Å². The van der Waals surface area contributed by atoms with Crippen molar-refractivity contribution in [1.29, 1.82) is 0 Å². The van der Waals surface area contributed by atoms with Gasteiger partial charge in [-0.1, -0.05) is 0 Å². The lowest BCUT2D eigenvalue weighted by Crippen LogP contribution is -2.44. The van der Waals surface area contributed by atoms with Crippen LogP contribution in [0.3, 0.4) is 0 Å². The van der Waals surface area contributed by atoms with E-state index in [0.29, 0.717) is 13.2 Å². The molecular weight excluding hydrogens is 232 g/mol. The van der Waals surface area contributed by atoms with Crippen molar-refractivity contribution in [3.8, 4) is 0 Å². The van der Waals surface area contributed by atoms with Crippen LogP contribution < -0.4 is 9.44 Å². The molecule has 2 N–H and O–H groups in total. The first-order valence-corrected chi connectivity index (χ1v) is 6.89. The molecule has 0 aliphatic carbocycles. The van der Waals surface area contributed by atoms with Gasteiger partial charge in [-0.3, -0.25) is 0 Å². The molecule has 0 aliphatic heterocycles. The van der Waals surface area contributed by atoms with Crippen LogP contribution in [0.15, 0.2) is 0 Å². The molecule has 0 bridgehead atoms. The molecule has 0 rings (SSSR count). The second kappa shape index (κ2) is 7.97. The largest absolute Gasteiger partial charge is 0.352 e. The van der Waals surface area contributed by atoms with Gasteiger partial charge < -0.3 is 9.47 Å². The third kappa shape index (κ3) is 8.00. The maximum absolute atomic E-state index is 11.4. The standard InChI is InChI=1S/C9H22N2O4S/c1-5-14-9(15-6-2)7-10-16(12,13)11-8(3)4/h8-11H,5-7H2,1-4H3. The molecule has 0 unspecified atom stereocenters. The molecule has 6 nitrogen and oxygen atoms in total. The van der Waals surface area contributed by atoms with Gasteiger partial charge >= 0.3 is 0 Å². The molecule has 0 saturated carbocycles. The second-order valence-electron chi connectivity index (χ2n) is 3.46. The highest BCUT2D eigenvalue weighted by atomic mass is 32.2. The van der Waals surface area contributed by atoms with Crippen molar-refractivity contribution in [2.75, 3.05) is 19.8 Å². The fourth-order valence-electron chi connectivity index (χ4n) is 1.07. The molecular formula is C9H22N2O4S. The summed E-state index contributed by atoms with van der Waals surface area (Å²) in [7, 11) is -3.47. The molecule has 0 spiro atoms. The molecule has 0 atom stereocenters. The monoisotopic (exact) mass is 254 g/mol. The van der Waals surface area contributed by atoms with E-state index in [1.54, 1.807) is 13.8 Å². The smallest absolute Gasteiger partial charge is 0.277 e. The first kappa shape index (κ1) is 15.8. The first-order valence-electron chi connectivity index (χ1n) is 5.41. The molecule has 0 amide bonds. The van der Waals surface area contributed by atoms with Gasteiger partial charge in [0.1, 0.15) is 0 Å². The maximum Gasteiger partial charge on any atom is 0.277 e. The average molecular weight is 254 g/mol. The lowest BCUT2D eigenvalue weighted by atomic mass is 10.4. The summed E-state index contributed by atoms with van der Waals surface area (Å²) in [5.74, 6) is 0. The van der Waals surface area contributed by atoms with Crippen LogP contribution in [-0.2, 0) is 19.7 Å². The van der Waals surface area contributed by atoms with Crippen molar-refractivity contribution in [3.05, 3.63) is 0 Å². The fraction of sp³-hybridized carbons (Fsp3) is 1.00. The quantitative estimate of drug-likeness (QED) is 0.577. The van der Waals surface area contributed by atoms with Gasteiger partial charge in [-0.15, -0.1) is 0 Å². The van der Waals surface area contributed by atoms with E-state index < -0.39 is 16.5 Å². The van der Waals surface area contributed by atoms with Crippen molar-refractivity contribution in [1.82, 2.24) is 9.44 Å². The van der Waals surface area contributed by atoms with E-state index in [4.69, 9.17) is 9.47 Å². The molecule has 0 aromatic rings. The summed E-state index contributed by atoms with van der Waals surface area (Å²) in [6.45, 7) is 8.21. The summed E-state index contributed by atoms with van der Waals surface area (Å²) in [5.41, 5.74) is 0. The lowest BCUT2D eigenvalue weighted by molar-refractivity contribution is -0.130. The molecule has 0 radical (unpaired) electrons. The number of nitrogens with one attached hydrogen (secondary N) is 2. The lowest BCUT2D eigenvalue weighted by Gasteiger charge is -2.18. The Morgan fingerprint density at radius 2 is 1.62 bits per heavy atom. The SMILES string of the molecule is CCOC(CNS(=O)(=O)NC(C)C)OCC. The zero-order chi connectivity index (χ0) is 12.6. The van der Waals surface area contributed by atoms with Crippen molar-refractivity contribution in [3.63, 3.8) is 0 Å². The Hall–Kier alpha value is -0.210. The minimum absolute atomic E-state index is 0.101. The zero-order valence-electron chi connectivity index (χ0n) is 10.3. The molecule has 0 fully saturated rings. The number of rotatable bonds is 9. The Bertz CT molecular complexity index is 261. The Kier molecular flexibility index (Phi) is 7.86. The van der Waals surface area contributed by atoms with Gasteiger partial charge in [0.2, 0.25) is 0 Å². The van der Waals surface area contributed by atoms with Gasteiger partial charge in [0, 0.05) is 19.3 Å². The highest BCUT2D eigenvalue weighted by Crippen LogP contribution is 1.94. The normalized spacial score (nSPS) is 12.6. The van der Waals surface area contributed by atoms with Crippen LogP contribution in [0.2, 0.25) is 0 Å². The number of hydrogen-bond donors (Lipinski definition) is 2. The van der Waals surface area contributed by atoms with Gasteiger partial charge in [0.05, 0.1) is 6.54 Å². The van der Waals surface area contributed by atoms with Gasteiger partial charge in [-0.05, 0) is 27.7 Å². The maximum atomic E-state index is 11.4. The topological polar surface area (TPSA) is 76.7 Å². The number of ether oxygens (including phenoxy) is 2. The Morgan fingerprint density at radius 3 is 2.00 bits per heavy atom. The molecule has 0 aromatic carbocycles. The van der Waals surface area contributed by atoms with E-state index in [0.717, 1.165) is 0 Å². The molecule has 98 valence electrons. The molecule has 16 heavy (non-hydrogen) atoms. The summed E-state index contributed by atoms with van der Waals surface area (Å²) in [4.78, 5) is 0. The van der Waals surface area contributed by atoms with E-state index >= 15 is 0 Å². The van der Waals surface area contributed by atoms with Crippen LogP contribution in [0.5, 0.6) is 0 Å². The average Bonchev–Trinajstić information content (AvgIpc) is 2.13. The van der Waals surface area contributed by atoms with E-state index in [1.165, 1.54) is 0 Å². The van der Waals surface area contributed by atoms with Crippen LogP contribution in [0.4, 0.5) is 0 Å². The van der Waals surface area contributed by atoms with Crippen molar-refractivity contribution in [2.24, 2.45) is 0 Å². The van der Waals surface area contributed by atoms with Crippen LogP contribution in [0, 0.1) is 0 Å². The Balaban J connectivity index is 4.08. The summed E-state index contributed by atoms with van der Waals surface area (Å²) < 4.78 is 38.0. The first-order chi connectivity index (χ1) is 7.41. The fourth-order valence-corrected chi connectivity index (χ4v) is 2.13. The third-order valence-electron chi connectivity index (χ3n) is 1.54.